The molecule has 202 valence electrons. The molecule has 1 heterocycles. The predicted molar refractivity (Wildman–Crippen MR) is 145 cm³/mol. The van der Waals surface area contributed by atoms with Crippen molar-refractivity contribution < 1.29 is 18.3 Å². The van der Waals surface area contributed by atoms with E-state index in [1.54, 1.807) is 20.2 Å². The summed E-state index contributed by atoms with van der Waals surface area (Å²) >= 11 is 1.20. The van der Waals surface area contributed by atoms with E-state index in [0.717, 1.165) is 23.8 Å². The van der Waals surface area contributed by atoms with Crippen LogP contribution in [0.25, 0.3) is 0 Å². The van der Waals surface area contributed by atoms with Gasteiger partial charge in [-0.1, -0.05) is 42.1 Å². The molecule has 2 aromatic rings. The highest BCUT2D eigenvalue weighted by Gasteiger charge is 2.50. The number of hydrogen-bond donors (Lipinski definition) is 2. The molecule has 2 atom stereocenters. The van der Waals surface area contributed by atoms with Crippen LogP contribution < -0.4 is 10.6 Å². The fraction of sp³-hybridized carbons (Fsp3) is 0.407. The van der Waals surface area contributed by atoms with Gasteiger partial charge in [0, 0.05) is 19.2 Å². The lowest BCUT2D eigenvalue weighted by Crippen LogP contribution is -2.47. The first-order chi connectivity index (χ1) is 18.0. The lowest BCUT2D eigenvalue weighted by atomic mass is 9.99. The molecule has 1 amide bonds. The summed E-state index contributed by atoms with van der Waals surface area (Å²) in [5, 5.41) is 20.8. The number of nitrogens with one attached hydrogen (secondary N) is 2. The zero-order chi connectivity index (χ0) is 27.9. The number of hydrogen-bond acceptors (Lipinski definition) is 6. The van der Waals surface area contributed by atoms with Crippen molar-refractivity contribution in [3.63, 3.8) is 0 Å². The van der Waals surface area contributed by atoms with E-state index in [0.29, 0.717) is 25.3 Å². The summed E-state index contributed by atoms with van der Waals surface area (Å²) in [5.74, 6) is -1.33. The number of nitrogens with zero attached hydrogens (tertiary/aromatic N) is 4. The Morgan fingerprint density at radius 3 is 2.61 bits per heavy atom. The minimum absolute atomic E-state index is 0.0215. The number of benzene rings is 2. The van der Waals surface area contributed by atoms with E-state index in [-0.39, 0.29) is 10.6 Å². The summed E-state index contributed by atoms with van der Waals surface area (Å²) in [5.41, 5.74) is 0.162. The normalized spacial score (nSPS) is 18.5. The van der Waals surface area contributed by atoms with Gasteiger partial charge < -0.3 is 15.4 Å². The summed E-state index contributed by atoms with van der Waals surface area (Å²) in [6.07, 6.45) is 1.80. The molecule has 1 aliphatic heterocycles. The zero-order valence-corrected chi connectivity index (χ0v) is 22.9. The highest BCUT2D eigenvalue weighted by molar-refractivity contribution is 8.15. The van der Waals surface area contributed by atoms with Crippen LogP contribution in [-0.2, 0) is 14.4 Å². The molecule has 1 aliphatic rings. The number of aliphatic imine (C=N–C) groups is 1. The van der Waals surface area contributed by atoms with Crippen LogP contribution in [0.1, 0.15) is 51.7 Å². The van der Waals surface area contributed by atoms with Crippen LogP contribution in [0.3, 0.4) is 0 Å². The van der Waals surface area contributed by atoms with Crippen molar-refractivity contribution in [1.29, 1.82) is 5.26 Å². The van der Waals surface area contributed by atoms with Crippen molar-refractivity contribution in [2.24, 2.45) is 10.1 Å². The Morgan fingerprint density at radius 2 is 1.97 bits per heavy atom. The smallest absolute Gasteiger partial charge is 0.273 e. The number of ether oxygens (including phenoxy) is 1. The molecule has 0 aromatic heterocycles. The molecule has 11 heteroatoms. The van der Waals surface area contributed by atoms with Crippen molar-refractivity contribution in [2.75, 3.05) is 13.6 Å². The average Bonchev–Trinajstić information content (AvgIpc) is 3.26. The van der Waals surface area contributed by atoms with Gasteiger partial charge in [-0.2, -0.15) is 10.4 Å². The van der Waals surface area contributed by atoms with E-state index in [2.05, 4.69) is 20.7 Å². The standard InChI is InChI=1S/C27H32F2N6O2S/c1-18(37-26(2,3)4)24(36)35-27(19-10-7-6-8-11-19,14-9-15-32-25(31-5)33-17-30)38-23(34-35)21-16-20(28)12-13-22(21)29/h6-8,10-13,16,18H,9,14-15H2,1-5H3,(H2,31,32,33). The summed E-state index contributed by atoms with van der Waals surface area (Å²) in [6, 6.07) is 12.5. The maximum atomic E-state index is 14.8. The number of hydrazone groups is 1. The summed E-state index contributed by atoms with van der Waals surface area (Å²) in [4.78, 5) is 16.5. The van der Waals surface area contributed by atoms with E-state index < -0.39 is 34.1 Å². The van der Waals surface area contributed by atoms with Gasteiger partial charge in [0.15, 0.2) is 0 Å². The first kappa shape index (κ1) is 29.1. The molecule has 2 unspecified atom stereocenters. The molecule has 0 bridgehead atoms. The first-order valence-corrected chi connectivity index (χ1v) is 13.0. The van der Waals surface area contributed by atoms with Crippen molar-refractivity contribution in [1.82, 2.24) is 15.6 Å². The third-order valence-corrected chi connectivity index (χ3v) is 7.10. The molecule has 38 heavy (non-hydrogen) atoms. The highest BCUT2D eigenvalue weighted by Crippen LogP contribution is 2.51. The first-order valence-electron chi connectivity index (χ1n) is 12.2. The van der Waals surface area contributed by atoms with E-state index in [9.17, 15) is 13.6 Å². The van der Waals surface area contributed by atoms with Crippen molar-refractivity contribution in [3.05, 3.63) is 71.3 Å². The lowest BCUT2D eigenvalue weighted by Gasteiger charge is -2.38. The van der Waals surface area contributed by atoms with Crippen LogP contribution in [0.2, 0.25) is 0 Å². The number of amides is 1. The van der Waals surface area contributed by atoms with E-state index in [4.69, 9.17) is 10.00 Å². The Balaban J connectivity index is 2.05. The molecule has 8 nitrogen and oxygen atoms in total. The molecule has 0 radical (unpaired) electrons. The fourth-order valence-electron chi connectivity index (χ4n) is 4.10. The molecule has 0 saturated heterocycles. The summed E-state index contributed by atoms with van der Waals surface area (Å²) in [7, 11) is 1.64. The quantitative estimate of drug-likeness (QED) is 0.217. The summed E-state index contributed by atoms with van der Waals surface area (Å²) < 4.78 is 34.9. The second-order valence-electron chi connectivity index (χ2n) is 9.65. The molecule has 3 rings (SSSR count). The van der Waals surface area contributed by atoms with Gasteiger partial charge in [-0.3, -0.25) is 4.79 Å². The molecular weight excluding hydrogens is 510 g/mol. The third kappa shape index (κ3) is 6.88. The Kier molecular flexibility index (Phi) is 9.46. The Morgan fingerprint density at radius 1 is 1.26 bits per heavy atom. The molecule has 0 spiro atoms. The van der Waals surface area contributed by atoms with Crippen LogP contribution >= 0.6 is 11.8 Å². The Hall–Kier alpha value is -3.49. The summed E-state index contributed by atoms with van der Waals surface area (Å²) in [6.45, 7) is 7.64. The maximum Gasteiger partial charge on any atom is 0.273 e. The minimum Gasteiger partial charge on any atom is -0.363 e. The van der Waals surface area contributed by atoms with Crippen molar-refractivity contribution in [2.45, 2.75) is 57.1 Å². The van der Waals surface area contributed by atoms with Gasteiger partial charge >= 0.3 is 0 Å². The van der Waals surface area contributed by atoms with Gasteiger partial charge in [-0.15, -0.1) is 4.99 Å². The van der Waals surface area contributed by atoms with Gasteiger partial charge in [0.25, 0.3) is 5.91 Å². The van der Waals surface area contributed by atoms with Gasteiger partial charge in [-0.05, 0) is 64.3 Å². The monoisotopic (exact) mass is 542 g/mol. The Bertz CT molecular complexity index is 1240. The molecule has 0 aliphatic carbocycles. The largest absolute Gasteiger partial charge is 0.363 e. The van der Waals surface area contributed by atoms with Crippen molar-refractivity contribution in [3.8, 4) is 6.19 Å². The van der Waals surface area contributed by atoms with Gasteiger partial charge in [0.05, 0.1) is 5.60 Å². The van der Waals surface area contributed by atoms with Crippen LogP contribution in [0, 0.1) is 23.1 Å². The lowest BCUT2D eigenvalue weighted by molar-refractivity contribution is -0.155. The maximum absolute atomic E-state index is 14.8. The third-order valence-electron chi connectivity index (χ3n) is 5.65. The number of halogens is 2. The second kappa shape index (κ2) is 12.4. The number of carbonyl (C=O) groups excluding carboxylic acids is 1. The number of thioether (sulfide) groups is 1. The molecule has 2 N–H and O–H groups in total. The molecular formula is C27H32F2N6O2S. The van der Waals surface area contributed by atoms with Crippen LogP contribution in [0.15, 0.2) is 58.6 Å². The van der Waals surface area contributed by atoms with Crippen LogP contribution in [-0.4, -0.2) is 47.2 Å². The molecule has 2 aromatic carbocycles. The predicted octanol–water partition coefficient (Wildman–Crippen LogP) is 4.68. The van der Waals surface area contributed by atoms with Crippen LogP contribution in [0.5, 0.6) is 0 Å². The minimum atomic E-state index is -1.06. The number of guanidine groups is 1. The highest BCUT2D eigenvalue weighted by atomic mass is 32.2. The number of carbonyl (C=O) groups is 1. The van der Waals surface area contributed by atoms with Crippen molar-refractivity contribution >= 4 is 28.7 Å². The van der Waals surface area contributed by atoms with E-state index in [1.807, 2.05) is 51.1 Å². The molecule has 0 saturated carbocycles. The Labute approximate surface area is 226 Å². The van der Waals surface area contributed by atoms with Gasteiger partial charge in [-0.25, -0.2) is 13.8 Å². The number of rotatable bonds is 8. The average molecular weight is 543 g/mol. The second-order valence-corrected chi connectivity index (χ2v) is 10.9. The van der Waals surface area contributed by atoms with Crippen LogP contribution in [0.4, 0.5) is 8.78 Å². The van der Waals surface area contributed by atoms with E-state index >= 15 is 0 Å². The van der Waals surface area contributed by atoms with Gasteiger partial charge in [0.2, 0.25) is 12.2 Å². The molecule has 0 fully saturated rings. The van der Waals surface area contributed by atoms with Gasteiger partial charge in [0.1, 0.15) is 27.7 Å². The fourth-order valence-corrected chi connectivity index (χ4v) is 5.52. The van der Waals surface area contributed by atoms with E-state index in [1.165, 1.54) is 16.8 Å². The SMILES string of the molecule is CNC(=NC#N)NCCCC1(c2ccccc2)SC(c2cc(F)ccc2F)=NN1C(=O)C(C)OC(C)(C)C. The number of nitriles is 1. The topological polar surface area (TPSA) is 102 Å². The zero-order valence-electron chi connectivity index (χ0n) is 22.1.